The van der Waals surface area contributed by atoms with Crippen molar-refractivity contribution in [2.75, 3.05) is 12.3 Å². The summed E-state index contributed by atoms with van der Waals surface area (Å²) in [5, 5.41) is 31.9. The largest absolute Gasteiger partial charge is 0.398 e. The van der Waals surface area contributed by atoms with E-state index in [0.29, 0.717) is 0 Å². The summed E-state index contributed by atoms with van der Waals surface area (Å²) in [5.41, 5.74) is 14.4. The predicted octanol–water partition coefficient (Wildman–Crippen LogP) is 1.24. The zero-order chi connectivity index (χ0) is 13.5. The van der Waals surface area contributed by atoms with Gasteiger partial charge in [-0.15, -0.1) is 0 Å². The predicted molar refractivity (Wildman–Crippen MR) is 65.2 cm³/mol. The third-order valence-corrected chi connectivity index (χ3v) is 2.51. The molecule has 0 bridgehead atoms. The normalized spacial score (nSPS) is 13.2. The molecule has 0 aliphatic carbocycles. The zero-order valence-corrected chi connectivity index (χ0v) is 9.56. The lowest BCUT2D eigenvalue weighted by Crippen LogP contribution is -2.20. The first-order valence-corrected chi connectivity index (χ1v) is 5.27. The van der Waals surface area contributed by atoms with Gasteiger partial charge in [-0.25, -0.2) is 0 Å². The fourth-order valence-electron chi connectivity index (χ4n) is 1.56. The first-order chi connectivity index (χ1) is 8.61. The maximum atomic E-state index is 9.93. The lowest BCUT2D eigenvalue weighted by molar-refractivity contribution is 0.0149. The minimum atomic E-state index is -1.24. The number of nitrogens with two attached hydrogens (primary N) is 1. The van der Waals surface area contributed by atoms with Gasteiger partial charge in [-0.3, -0.25) is 0 Å². The number of nitrogens with zero attached hydrogens (tertiary/aromatic N) is 4. The van der Waals surface area contributed by atoms with E-state index in [2.05, 4.69) is 10.0 Å². The summed E-state index contributed by atoms with van der Waals surface area (Å²) in [5.74, 6) is 0. The van der Waals surface area contributed by atoms with Gasteiger partial charge in [0.2, 0.25) is 0 Å². The molecule has 94 valence electrons. The number of nitriles is 1. The molecule has 2 atom stereocenters. The molecule has 2 unspecified atom stereocenters. The van der Waals surface area contributed by atoms with Gasteiger partial charge >= 0.3 is 0 Å². The summed E-state index contributed by atoms with van der Waals surface area (Å²) in [7, 11) is 0. The van der Waals surface area contributed by atoms with Crippen LogP contribution in [0.2, 0.25) is 0 Å². The number of hydrogen-bond donors (Lipinski definition) is 3. The van der Waals surface area contributed by atoms with Crippen molar-refractivity contribution in [2.45, 2.75) is 18.6 Å². The molecule has 0 aromatic heterocycles. The average molecular weight is 247 g/mol. The van der Waals surface area contributed by atoms with E-state index < -0.39 is 12.2 Å². The summed E-state index contributed by atoms with van der Waals surface area (Å²) in [4.78, 5) is 2.55. The number of hydrogen-bond acceptors (Lipinski definition) is 5. The van der Waals surface area contributed by atoms with Gasteiger partial charge in [-0.2, -0.15) is 5.26 Å². The van der Waals surface area contributed by atoms with Crippen LogP contribution in [0.3, 0.4) is 0 Å². The van der Waals surface area contributed by atoms with Crippen LogP contribution in [0.15, 0.2) is 23.3 Å². The van der Waals surface area contributed by atoms with Crippen LogP contribution in [0.5, 0.6) is 0 Å². The molecule has 4 N–H and O–H groups in total. The zero-order valence-electron chi connectivity index (χ0n) is 9.56. The SMILES string of the molecule is N#Cc1c(N)cccc1C(O)C(O)CCN=[N+]=[N-]. The fourth-order valence-corrected chi connectivity index (χ4v) is 1.56. The van der Waals surface area contributed by atoms with Crippen molar-refractivity contribution in [3.63, 3.8) is 0 Å². The first-order valence-electron chi connectivity index (χ1n) is 5.27. The van der Waals surface area contributed by atoms with Gasteiger partial charge in [0, 0.05) is 22.7 Å². The number of azide groups is 1. The first kappa shape index (κ1) is 13.8. The topological polar surface area (TPSA) is 139 Å². The van der Waals surface area contributed by atoms with Crippen LogP contribution in [-0.4, -0.2) is 22.9 Å². The maximum absolute atomic E-state index is 9.93. The maximum Gasteiger partial charge on any atom is 0.106 e. The number of aliphatic hydroxyl groups excluding tert-OH is 2. The standard InChI is InChI=1S/C11H13N5O2/c12-6-8-7(2-1-3-9(8)13)11(18)10(17)4-5-15-16-14/h1-3,10-11,17-18H,4-5,13H2. The van der Waals surface area contributed by atoms with Crippen LogP contribution in [0.1, 0.15) is 23.7 Å². The molecule has 0 fully saturated rings. The second-order valence-electron chi connectivity index (χ2n) is 3.68. The molecule has 0 saturated carbocycles. The quantitative estimate of drug-likeness (QED) is 0.311. The highest BCUT2D eigenvalue weighted by molar-refractivity contribution is 5.58. The van der Waals surface area contributed by atoms with Gasteiger partial charge in [0.1, 0.15) is 12.2 Å². The van der Waals surface area contributed by atoms with Crippen molar-refractivity contribution in [3.05, 3.63) is 39.8 Å². The van der Waals surface area contributed by atoms with Crippen LogP contribution >= 0.6 is 0 Å². The molecule has 0 heterocycles. The lowest BCUT2D eigenvalue weighted by atomic mass is 9.96. The van der Waals surface area contributed by atoms with Gasteiger partial charge in [0.05, 0.1) is 11.7 Å². The molecule has 0 amide bonds. The molecule has 0 radical (unpaired) electrons. The minimum Gasteiger partial charge on any atom is -0.398 e. The number of rotatable bonds is 5. The Labute approximate surface area is 104 Å². The highest BCUT2D eigenvalue weighted by atomic mass is 16.3. The Morgan fingerprint density at radius 3 is 2.83 bits per heavy atom. The Bertz CT molecular complexity index is 505. The third kappa shape index (κ3) is 3.12. The molecule has 1 rings (SSSR count). The molecule has 0 saturated heterocycles. The van der Waals surface area contributed by atoms with E-state index in [1.54, 1.807) is 12.1 Å². The van der Waals surface area contributed by atoms with Crippen molar-refractivity contribution in [3.8, 4) is 6.07 Å². The Morgan fingerprint density at radius 2 is 2.22 bits per heavy atom. The fraction of sp³-hybridized carbons (Fsp3) is 0.364. The summed E-state index contributed by atoms with van der Waals surface area (Å²) < 4.78 is 0. The average Bonchev–Trinajstić information content (AvgIpc) is 2.37. The summed E-state index contributed by atoms with van der Waals surface area (Å²) in [6, 6.07) is 6.55. The van der Waals surface area contributed by atoms with Gasteiger partial charge in [-0.05, 0) is 18.0 Å². The third-order valence-electron chi connectivity index (χ3n) is 2.51. The van der Waals surface area contributed by atoms with Crippen LogP contribution in [0.4, 0.5) is 5.69 Å². The molecule has 1 aromatic carbocycles. The molecule has 0 aliphatic rings. The van der Waals surface area contributed by atoms with E-state index >= 15 is 0 Å². The van der Waals surface area contributed by atoms with E-state index in [-0.39, 0.29) is 29.8 Å². The van der Waals surface area contributed by atoms with Crippen molar-refractivity contribution in [2.24, 2.45) is 5.11 Å². The van der Waals surface area contributed by atoms with Crippen molar-refractivity contribution in [1.82, 2.24) is 0 Å². The molecular formula is C11H13N5O2. The number of anilines is 1. The van der Waals surface area contributed by atoms with E-state index in [1.165, 1.54) is 6.07 Å². The van der Waals surface area contributed by atoms with Gasteiger partial charge in [-0.1, -0.05) is 17.2 Å². The Morgan fingerprint density at radius 1 is 1.50 bits per heavy atom. The summed E-state index contributed by atoms with van der Waals surface area (Å²) >= 11 is 0. The number of aliphatic hydroxyl groups is 2. The van der Waals surface area contributed by atoms with E-state index in [0.717, 1.165) is 0 Å². The Hall–Kier alpha value is -2.26. The second-order valence-corrected chi connectivity index (χ2v) is 3.68. The minimum absolute atomic E-state index is 0.0684. The highest BCUT2D eigenvalue weighted by Crippen LogP contribution is 2.25. The van der Waals surface area contributed by atoms with Crippen LogP contribution in [0.25, 0.3) is 10.4 Å². The van der Waals surface area contributed by atoms with Crippen molar-refractivity contribution >= 4 is 5.69 Å². The monoisotopic (exact) mass is 247 g/mol. The molecule has 0 aliphatic heterocycles. The second kappa shape index (κ2) is 6.47. The van der Waals surface area contributed by atoms with Gasteiger partial charge in [0.25, 0.3) is 0 Å². The summed E-state index contributed by atoms with van der Waals surface area (Å²) in [6.45, 7) is 0.0684. The highest BCUT2D eigenvalue weighted by Gasteiger charge is 2.21. The number of nitrogen functional groups attached to an aromatic ring is 1. The Kier molecular flexibility index (Phi) is 4.96. The van der Waals surface area contributed by atoms with Crippen molar-refractivity contribution < 1.29 is 10.2 Å². The van der Waals surface area contributed by atoms with Gasteiger partial charge in [0.15, 0.2) is 0 Å². The van der Waals surface area contributed by atoms with Crippen LogP contribution in [-0.2, 0) is 0 Å². The molecule has 18 heavy (non-hydrogen) atoms. The van der Waals surface area contributed by atoms with E-state index in [4.69, 9.17) is 16.5 Å². The lowest BCUT2D eigenvalue weighted by Gasteiger charge is -2.19. The molecule has 7 heteroatoms. The molecule has 1 aromatic rings. The van der Waals surface area contributed by atoms with E-state index in [1.807, 2.05) is 6.07 Å². The molecule has 0 spiro atoms. The van der Waals surface area contributed by atoms with Crippen molar-refractivity contribution in [1.29, 1.82) is 5.26 Å². The molecular weight excluding hydrogens is 234 g/mol. The van der Waals surface area contributed by atoms with Crippen LogP contribution < -0.4 is 5.73 Å². The number of benzene rings is 1. The summed E-state index contributed by atoms with van der Waals surface area (Å²) in [6.07, 6.45) is -2.26. The van der Waals surface area contributed by atoms with Crippen LogP contribution in [0, 0.1) is 11.3 Å². The Balaban J connectivity index is 2.90. The smallest absolute Gasteiger partial charge is 0.106 e. The van der Waals surface area contributed by atoms with Gasteiger partial charge < -0.3 is 15.9 Å². The van der Waals surface area contributed by atoms with E-state index in [9.17, 15) is 10.2 Å². The molecule has 7 nitrogen and oxygen atoms in total.